The maximum absolute atomic E-state index is 10.8. The Balaban J connectivity index is 2.61. The van der Waals surface area contributed by atoms with Crippen LogP contribution in [0.4, 0.5) is 0 Å². The average molecular weight is 172 g/mol. The fraction of sp³-hybridized carbons (Fsp3) is 0.875. The van der Waals surface area contributed by atoms with Crippen LogP contribution in [0.5, 0.6) is 0 Å². The van der Waals surface area contributed by atoms with Crippen molar-refractivity contribution in [2.24, 2.45) is 5.73 Å². The molecule has 0 aromatic rings. The number of nitrogens with zero attached hydrogens (tertiary/aromatic N) is 1. The molecule has 1 aliphatic rings. The van der Waals surface area contributed by atoms with Crippen LogP contribution in [0.15, 0.2) is 0 Å². The van der Waals surface area contributed by atoms with Crippen LogP contribution in [0.2, 0.25) is 0 Å². The van der Waals surface area contributed by atoms with Crippen LogP contribution in [-0.4, -0.2) is 41.1 Å². The third-order valence-corrected chi connectivity index (χ3v) is 2.48. The molecule has 1 aliphatic heterocycles. The van der Waals surface area contributed by atoms with Gasteiger partial charge in [-0.05, 0) is 25.9 Å². The van der Waals surface area contributed by atoms with E-state index < -0.39 is 11.5 Å². The molecule has 1 heterocycles. The minimum atomic E-state index is -1.01. The van der Waals surface area contributed by atoms with Crippen LogP contribution in [-0.2, 0) is 4.79 Å². The van der Waals surface area contributed by atoms with E-state index in [4.69, 9.17) is 10.8 Å². The van der Waals surface area contributed by atoms with Gasteiger partial charge in [-0.1, -0.05) is 6.92 Å². The molecule has 0 aromatic carbocycles. The van der Waals surface area contributed by atoms with Gasteiger partial charge in [0.25, 0.3) is 0 Å². The second-order valence-electron chi connectivity index (χ2n) is 3.43. The molecule has 0 aliphatic carbocycles. The summed E-state index contributed by atoms with van der Waals surface area (Å²) in [4.78, 5) is 12.9. The monoisotopic (exact) mass is 172 g/mol. The van der Waals surface area contributed by atoms with Crippen molar-refractivity contribution in [1.82, 2.24) is 4.90 Å². The lowest BCUT2D eigenvalue weighted by Crippen LogP contribution is -2.59. The topological polar surface area (TPSA) is 66.6 Å². The standard InChI is InChI=1S/C8H16N2O2/c1-2-10-5-3-4-8(9,6-10)7(11)12/h2-6,9H2,1H3,(H,11,12). The molecule has 1 atom stereocenters. The molecule has 1 saturated heterocycles. The zero-order chi connectivity index (χ0) is 9.19. The van der Waals surface area contributed by atoms with Crippen LogP contribution in [0.3, 0.4) is 0 Å². The summed E-state index contributed by atoms with van der Waals surface area (Å²) in [5.74, 6) is -0.874. The van der Waals surface area contributed by atoms with Gasteiger partial charge in [0, 0.05) is 6.54 Å². The number of likely N-dealkylation sites (N-methyl/N-ethyl adjacent to an activating group) is 1. The molecule has 0 bridgehead atoms. The zero-order valence-electron chi connectivity index (χ0n) is 7.42. The Morgan fingerprint density at radius 1 is 1.75 bits per heavy atom. The van der Waals surface area contributed by atoms with Gasteiger partial charge in [-0.3, -0.25) is 4.79 Å². The van der Waals surface area contributed by atoms with Crippen molar-refractivity contribution >= 4 is 5.97 Å². The Morgan fingerprint density at radius 3 is 2.92 bits per heavy atom. The van der Waals surface area contributed by atoms with Crippen molar-refractivity contribution in [2.75, 3.05) is 19.6 Å². The highest BCUT2D eigenvalue weighted by atomic mass is 16.4. The van der Waals surface area contributed by atoms with Gasteiger partial charge < -0.3 is 15.7 Å². The van der Waals surface area contributed by atoms with Crippen molar-refractivity contribution in [3.8, 4) is 0 Å². The first-order chi connectivity index (χ1) is 5.58. The summed E-state index contributed by atoms with van der Waals surface area (Å²) in [6, 6.07) is 0. The van der Waals surface area contributed by atoms with E-state index >= 15 is 0 Å². The summed E-state index contributed by atoms with van der Waals surface area (Å²) < 4.78 is 0. The largest absolute Gasteiger partial charge is 0.480 e. The van der Waals surface area contributed by atoms with Crippen LogP contribution in [0.25, 0.3) is 0 Å². The lowest BCUT2D eigenvalue weighted by Gasteiger charge is -2.36. The summed E-state index contributed by atoms with van der Waals surface area (Å²) in [6.45, 7) is 4.36. The first-order valence-corrected chi connectivity index (χ1v) is 4.33. The highest BCUT2D eigenvalue weighted by molar-refractivity contribution is 5.78. The third kappa shape index (κ3) is 1.76. The number of hydrogen-bond donors (Lipinski definition) is 2. The number of hydrogen-bond acceptors (Lipinski definition) is 3. The van der Waals surface area contributed by atoms with Crippen molar-refractivity contribution in [1.29, 1.82) is 0 Å². The average Bonchev–Trinajstić information content (AvgIpc) is 2.04. The molecule has 1 fully saturated rings. The third-order valence-electron chi connectivity index (χ3n) is 2.48. The number of rotatable bonds is 2. The second-order valence-corrected chi connectivity index (χ2v) is 3.43. The maximum Gasteiger partial charge on any atom is 0.325 e. The van der Waals surface area contributed by atoms with Gasteiger partial charge in [0.1, 0.15) is 5.54 Å². The maximum atomic E-state index is 10.8. The summed E-state index contributed by atoms with van der Waals surface area (Å²) in [6.07, 6.45) is 1.48. The molecule has 1 unspecified atom stereocenters. The van der Waals surface area contributed by atoms with Gasteiger partial charge in [0.15, 0.2) is 0 Å². The van der Waals surface area contributed by atoms with Crippen molar-refractivity contribution in [3.05, 3.63) is 0 Å². The molecule has 0 spiro atoms. The van der Waals surface area contributed by atoms with Crippen LogP contribution in [0, 0.1) is 0 Å². The number of aliphatic carboxylic acids is 1. The predicted octanol–water partition coefficient (Wildman–Crippen LogP) is -0.116. The van der Waals surface area contributed by atoms with E-state index in [0.717, 1.165) is 19.5 Å². The highest BCUT2D eigenvalue weighted by Gasteiger charge is 2.37. The smallest absolute Gasteiger partial charge is 0.325 e. The summed E-state index contributed by atoms with van der Waals surface area (Å²) in [5.41, 5.74) is 4.72. The Bertz CT molecular complexity index is 184. The molecule has 0 amide bonds. The highest BCUT2D eigenvalue weighted by Crippen LogP contribution is 2.18. The summed E-state index contributed by atoms with van der Waals surface area (Å²) in [5, 5.41) is 8.86. The molecule has 0 saturated carbocycles. The van der Waals surface area contributed by atoms with E-state index in [2.05, 4.69) is 4.90 Å². The SMILES string of the molecule is CCN1CCCC(N)(C(=O)O)C1. The zero-order valence-corrected chi connectivity index (χ0v) is 7.42. The number of carboxylic acids is 1. The number of likely N-dealkylation sites (tertiary alicyclic amines) is 1. The van der Waals surface area contributed by atoms with E-state index in [0.29, 0.717) is 13.0 Å². The molecular weight excluding hydrogens is 156 g/mol. The van der Waals surface area contributed by atoms with E-state index in [-0.39, 0.29) is 0 Å². The molecule has 0 aromatic heterocycles. The summed E-state index contributed by atoms with van der Waals surface area (Å²) in [7, 11) is 0. The van der Waals surface area contributed by atoms with E-state index in [1.54, 1.807) is 0 Å². The van der Waals surface area contributed by atoms with E-state index in [1.165, 1.54) is 0 Å². The molecule has 4 heteroatoms. The van der Waals surface area contributed by atoms with Crippen LogP contribution in [0.1, 0.15) is 19.8 Å². The van der Waals surface area contributed by atoms with Crippen LogP contribution >= 0.6 is 0 Å². The lowest BCUT2D eigenvalue weighted by atomic mass is 9.90. The fourth-order valence-electron chi connectivity index (χ4n) is 1.62. The van der Waals surface area contributed by atoms with Crippen molar-refractivity contribution in [3.63, 3.8) is 0 Å². The number of carbonyl (C=O) groups is 1. The van der Waals surface area contributed by atoms with Crippen molar-refractivity contribution in [2.45, 2.75) is 25.3 Å². The van der Waals surface area contributed by atoms with E-state index in [1.807, 2.05) is 6.92 Å². The summed E-state index contributed by atoms with van der Waals surface area (Å²) >= 11 is 0. The quantitative estimate of drug-likeness (QED) is 0.609. The first-order valence-electron chi connectivity index (χ1n) is 4.33. The Kier molecular flexibility index (Phi) is 2.69. The number of piperidine rings is 1. The molecule has 3 N–H and O–H groups in total. The van der Waals surface area contributed by atoms with Crippen LogP contribution < -0.4 is 5.73 Å². The number of carboxylic acid groups (broad SMARTS) is 1. The van der Waals surface area contributed by atoms with E-state index in [9.17, 15) is 4.79 Å². The molecular formula is C8H16N2O2. The Labute approximate surface area is 72.3 Å². The Hall–Kier alpha value is -0.610. The minimum Gasteiger partial charge on any atom is -0.480 e. The van der Waals surface area contributed by atoms with Crippen molar-refractivity contribution < 1.29 is 9.90 Å². The van der Waals surface area contributed by atoms with Gasteiger partial charge in [-0.15, -0.1) is 0 Å². The number of nitrogens with two attached hydrogens (primary N) is 1. The molecule has 1 rings (SSSR count). The lowest BCUT2D eigenvalue weighted by molar-refractivity contribution is -0.145. The molecule has 4 nitrogen and oxygen atoms in total. The Morgan fingerprint density at radius 2 is 2.42 bits per heavy atom. The molecule has 70 valence electrons. The second kappa shape index (κ2) is 3.41. The van der Waals surface area contributed by atoms with Gasteiger partial charge in [-0.2, -0.15) is 0 Å². The minimum absolute atomic E-state index is 0.485. The van der Waals surface area contributed by atoms with Gasteiger partial charge in [0.05, 0.1) is 0 Å². The first kappa shape index (κ1) is 9.48. The molecule has 12 heavy (non-hydrogen) atoms. The normalized spacial score (nSPS) is 31.8. The van der Waals surface area contributed by atoms with Gasteiger partial charge in [-0.25, -0.2) is 0 Å². The molecule has 0 radical (unpaired) electrons. The van der Waals surface area contributed by atoms with Gasteiger partial charge >= 0.3 is 5.97 Å². The predicted molar refractivity (Wildman–Crippen MR) is 45.9 cm³/mol. The van der Waals surface area contributed by atoms with Gasteiger partial charge in [0.2, 0.25) is 0 Å². The fourth-order valence-corrected chi connectivity index (χ4v) is 1.62.